The van der Waals surface area contributed by atoms with Crippen molar-refractivity contribution in [2.45, 2.75) is 39.5 Å². The third-order valence-electron chi connectivity index (χ3n) is 2.84. The zero-order valence-corrected chi connectivity index (χ0v) is 11.4. The highest BCUT2D eigenvalue weighted by molar-refractivity contribution is 5.06. The Bertz CT molecular complexity index is 503. The molecule has 0 atom stereocenters. The van der Waals surface area contributed by atoms with Crippen molar-refractivity contribution in [1.29, 1.82) is 0 Å². The molecule has 0 aliphatic carbocycles. The molecule has 0 amide bonds. The molecule has 0 aliphatic heterocycles. The van der Waals surface area contributed by atoms with Gasteiger partial charge in [0, 0.05) is 42.7 Å². The van der Waals surface area contributed by atoms with Crippen molar-refractivity contribution in [3.63, 3.8) is 0 Å². The largest absolute Gasteiger partial charge is 0.308 e. The van der Waals surface area contributed by atoms with Crippen molar-refractivity contribution in [2.24, 2.45) is 0 Å². The van der Waals surface area contributed by atoms with Crippen molar-refractivity contribution >= 4 is 0 Å². The molecule has 0 unspecified atom stereocenters. The van der Waals surface area contributed by atoms with Crippen LogP contribution in [-0.4, -0.2) is 26.2 Å². The van der Waals surface area contributed by atoms with E-state index in [1.54, 1.807) is 10.9 Å². The number of hydrogen-bond donors (Lipinski definition) is 1. The Labute approximate surface area is 112 Å². The summed E-state index contributed by atoms with van der Waals surface area (Å²) in [5.74, 6) is 0. The second kappa shape index (κ2) is 6.47. The van der Waals surface area contributed by atoms with E-state index in [0.29, 0.717) is 12.6 Å². The summed E-state index contributed by atoms with van der Waals surface area (Å²) in [5, 5.41) is 11.7. The minimum absolute atomic E-state index is 0.321. The maximum atomic E-state index is 12.1. The smallest absolute Gasteiger partial charge is 0.109 e. The van der Waals surface area contributed by atoms with E-state index < -0.39 is 0 Å². The van der Waals surface area contributed by atoms with Gasteiger partial charge in [0.1, 0.15) is 6.67 Å². The molecule has 6 heteroatoms. The summed E-state index contributed by atoms with van der Waals surface area (Å²) in [6.07, 6.45) is 7.55. The lowest BCUT2D eigenvalue weighted by molar-refractivity contribution is 0.427. The van der Waals surface area contributed by atoms with Crippen molar-refractivity contribution in [3.8, 4) is 0 Å². The van der Waals surface area contributed by atoms with E-state index in [0.717, 1.165) is 24.2 Å². The summed E-state index contributed by atoms with van der Waals surface area (Å²) in [6, 6.07) is 0.382. The first kappa shape index (κ1) is 13.7. The van der Waals surface area contributed by atoms with Crippen LogP contribution in [0.5, 0.6) is 0 Å². The molecule has 5 nitrogen and oxygen atoms in total. The molecule has 0 radical (unpaired) electrons. The van der Waals surface area contributed by atoms with E-state index >= 15 is 0 Å². The van der Waals surface area contributed by atoms with E-state index in [1.165, 1.54) is 0 Å². The third-order valence-corrected chi connectivity index (χ3v) is 2.84. The number of hydrogen-bond acceptors (Lipinski definition) is 3. The lowest BCUT2D eigenvalue weighted by Crippen LogP contribution is -2.12. The molecule has 0 aliphatic rings. The van der Waals surface area contributed by atoms with Crippen LogP contribution in [0.1, 0.15) is 31.0 Å². The second-order valence-corrected chi connectivity index (χ2v) is 4.83. The Morgan fingerprint density at radius 1 is 1.16 bits per heavy atom. The van der Waals surface area contributed by atoms with E-state index in [1.807, 2.05) is 23.3 Å². The van der Waals surface area contributed by atoms with Crippen LogP contribution < -0.4 is 5.32 Å². The molecule has 2 heterocycles. The van der Waals surface area contributed by atoms with Crippen molar-refractivity contribution < 1.29 is 4.39 Å². The van der Waals surface area contributed by atoms with Gasteiger partial charge in [0.15, 0.2) is 0 Å². The van der Waals surface area contributed by atoms with Crippen LogP contribution in [0.4, 0.5) is 4.39 Å². The molecule has 19 heavy (non-hydrogen) atoms. The molecule has 0 saturated carbocycles. The summed E-state index contributed by atoms with van der Waals surface area (Å²) in [5.41, 5.74) is 2.22. The van der Waals surface area contributed by atoms with Gasteiger partial charge < -0.3 is 5.32 Å². The summed E-state index contributed by atoms with van der Waals surface area (Å²) < 4.78 is 15.7. The van der Waals surface area contributed by atoms with E-state index in [9.17, 15) is 4.39 Å². The number of alkyl halides is 1. The van der Waals surface area contributed by atoms with E-state index in [4.69, 9.17) is 0 Å². The Kier molecular flexibility index (Phi) is 4.68. The molecular formula is C13H20FN5. The number of nitrogens with zero attached hydrogens (tertiary/aromatic N) is 4. The lowest BCUT2D eigenvalue weighted by atomic mass is 10.3. The molecule has 1 N–H and O–H groups in total. The Morgan fingerprint density at radius 2 is 1.84 bits per heavy atom. The minimum Gasteiger partial charge on any atom is -0.308 e. The topological polar surface area (TPSA) is 47.7 Å². The van der Waals surface area contributed by atoms with Gasteiger partial charge in [-0.2, -0.15) is 10.2 Å². The summed E-state index contributed by atoms with van der Waals surface area (Å²) >= 11 is 0. The SMILES string of the molecule is CC(C)n1cc(CNCc2cnn(CCF)c2)cn1. The van der Waals surface area contributed by atoms with Crippen LogP contribution in [0.2, 0.25) is 0 Å². The van der Waals surface area contributed by atoms with Gasteiger partial charge in [0.05, 0.1) is 18.9 Å². The first-order chi connectivity index (χ1) is 9.19. The van der Waals surface area contributed by atoms with E-state index in [2.05, 4.69) is 29.4 Å². The zero-order valence-electron chi connectivity index (χ0n) is 11.4. The summed E-state index contributed by atoms with van der Waals surface area (Å²) in [7, 11) is 0. The highest BCUT2D eigenvalue weighted by atomic mass is 19.1. The van der Waals surface area contributed by atoms with Gasteiger partial charge in [-0.1, -0.05) is 0 Å². The molecule has 104 valence electrons. The van der Waals surface area contributed by atoms with Gasteiger partial charge in [0.25, 0.3) is 0 Å². The van der Waals surface area contributed by atoms with Crippen LogP contribution in [0.25, 0.3) is 0 Å². The van der Waals surface area contributed by atoms with Crippen molar-refractivity contribution in [1.82, 2.24) is 24.9 Å². The first-order valence-corrected chi connectivity index (χ1v) is 6.50. The predicted molar refractivity (Wildman–Crippen MR) is 71.4 cm³/mol. The number of halogens is 1. The van der Waals surface area contributed by atoms with Gasteiger partial charge in [-0.25, -0.2) is 4.39 Å². The van der Waals surface area contributed by atoms with Crippen LogP contribution in [-0.2, 0) is 19.6 Å². The normalized spacial score (nSPS) is 11.4. The Morgan fingerprint density at radius 3 is 2.47 bits per heavy atom. The third kappa shape index (κ3) is 3.89. The van der Waals surface area contributed by atoms with Crippen molar-refractivity contribution in [2.75, 3.05) is 6.67 Å². The molecule has 0 bridgehead atoms. The number of nitrogens with one attached hydrogen (secondary N) is 1. The van der Waals surface area contributed by atoms with Crippen LogP contribution in [0.3, 0.4) is 0 Å². The minimum atomic E-state index is -0.386. The monoisotopic (exact) mass is 265 g/mol. The molecular weight excluding hydrogens is 245 g/mol. The molecule has 0 fully saturated rings. The molecule has 0 aromatic carbocycles. The van der Waals surface area contributed by atoms with Crippen LogP contribution >= 0.6 is 0 Å². The lowest BCUT2D eigenvalue weighted by Gasteiger charge is -2.03. The Hall–Kier alpha value is -1.69. The van der Waals surface area contributed by atoms with Crippen molar-refractivity contribution in [3.05, 3.63) is 35.9 Å². The fourth-order valence-corrected chi connectivity index (χ4v) is 1.81. The average Bonchev–Trinajstić information content (AvgIpc) is 2.99. The molecule has 2 aromatic heterocycles. The first-order valence-electron chi connectivity index (χ1n) is 6.50. The van der Waals surface area contributed by atoms with Gasteiger partial charge in [-0.15, -0.1) is 0 Å². The number of rotatable bonds is 7. The highest BCUT2D eigenvalue weighted by Crippen LogP contribution is 2.05. The standard InChI is InChI=1S/C13H20FN5/c1-11(2)19-10-13(8-17-19)6-15-5-12-7-16-18(9-12)4-3-14/h7-11,15H,3-6H2,1-2H3. The van der Waals surface area contributed by atoms with Gasteiger partial charge in [-0.05, 0) is 13.8 Å². The van der Waals surface area contributed by atoms with Crippen LogP contribution in [0, 0.1) is 0 Å². The average molecular weight is 265 g/mol. The van der Waals surface area contributed by atoms with E-state index in [-0.39, 0.29) is 6.67 Å². The number of aromatic nitrogens is 4. The summed E-state index contributed by atoms with van der Waals surface area (Å²) in [6.45, 7) is 5.62. The molecule has 0 saturated heterocycles. The fraction of sp³-hybridized carbons (Fsp3) is 0.538. The molecule has 2 rings (SSSR count). The van der Waals surface area contributed by atoms with Crippen LogP contribution in [0.15, 0.2) is 24.8 Å². The predicted octanol–water partition coefficient (Wildman–Crippen LogP) is 1.92. The maximum Gasteiger partial charge on any atom is 0.109 e. The number of aryl methyl sites for hydroxylation is 1. The fourth-order valence-electron chi connectivity index (χ4n) is 1.81. The van der Waals surface area contributed by atoms with Gasteiger partial charge in [-0.3, -0.25) is 9.36 Å². The van der Waals surface area contributed by atoms with Gasteiger partial charge >= 0.3 is 0 Å². The summed E-state index contributed by atoms with van der Waals surface area (Å²) in [4.78, 5) is 0. The zero-order chi connectivity index (χ0) is 13.7. The Balaban J connectivity index is 1.78. The molecule has 2 aromatic rings. The highest BCUT2D eigenvalue weighted by Gasteiger charge is 2.02. The van der Waals surface area contributed by atoms with Gasteiger partial charge in [0.2, 0.25) is 0 Å². The maximum absolute atomic E-state index is 12.1. The second-order valence-electron chi connectivity index (χ2n) is 4.83. The quantitative estimate of drug-likeness (QED) is 0.832. The molecule has 0 spiro atoms.